The first-order valence-electron chi connectivity index (χ1n) is 4.64. The Bertz CT molecular complexity index is 387. The fourth-order valence-electron chi connectivity index (χ4n) is 1.48. The molecular weight excluding hydrogens is 212 g/mol. The summed E-state index contributed by atoms with van der Waals surface area (Å²) in [5.74, 6) is -1.79. The summed E-state index contributed by atoms with van der Waals surface area (Å²) in [4.78, 5) is 26.3. The quantitative estimate of drug-likeness (QED) is 0.584. The van der Waals surface area contributed by atoms with Gasteiger partial charge in [-0.1, -0.05) is 30.3 Å². The van der Waals surface area contributed by atoms with E-state index in [1.165, 1.54) is 19.1 Å². The van der Waals surface area contributed by atoms with Crippen molar-refractivity contribution in [3.8, 4) is 0 Å². The molecule has 0 saturated carbocycles. The minimum absolute atomic E-state index is 0.222. The van der Waals surface area contributed by atoms with Crippen LogP contribution in [0.15, 0.2) is 30.3 Å². The number of carboxylic acid groups (broad SMARTS) is 1. The van der Waals surface area contributed by atoms with Crippen LogP contribution in [-0.2, 0) is 20.1 Å². The van der Waals surface area contributed by atoms with Crippen molar-refractivity contribution in [3.63, 3.8) is 0 Å². The number of carboxylic acids is 1. The molecule has 0 amide bonds. The van der Waals surface area contributed by atoms with Crippen LogP contribution in [0.1, 0.15) is 18.9 Å². The van der Waals surface area contributed by atoms with Gasteiger partial charge < -0.3 is 5.11 Å². The third-order valence-corrected chi connectivity index (χ3v) is 2.24. The summed E-state index contributed by atoms with van der Waals surface area (Å²) < 4.78 is 0. The van der Waals surface area contributed by atoms with Crippen molar-refractivity contribution in [2.24, 2.45) is 0 Å². The standard InChI is InChI=1S/C11H12O5/c1-8(12)7-11(16-15,10(13)14)9-5-3-2-4-6-9/h2-6,15H,7H2,1H3,(H,13,14). The predicted octanol–water partition coefficient (Wildman–Crippen LogP) is 1.44. The third kappa shape index (κ3) is 2.26. The lowest BCUT2D eigenvalue weighted by atomic mass is 9.89. The summed E-state index contributed by atoms with van der Waals surface area (Å²) >= 11 is 0. The molecule has 0 heterocycles. The van der Waals surface area contributed by atoms with Crippen LogP contribution in [0.4, 0.5) is 0 Å². The van der Waals surface area contributed by atoms with Crippen LogP contribution >= 0.6 is 0 Å². The van der Waals surface area contributed by atoms with Gasteiger partial charge in [-0.25, -0.2) is 9.68 Å². The minimum atomic E-state index is -2.02. The van der Waals surface area contributed by atoms with E-state index >= 15 is 0 Å². The lowest BCUT2D eigenvalue weighted by Gasteiger charge is -2.24. The van der Waals surface area contributed by atoms with Gasteiger partial charge in [-0.15, -0.1) is 0 Å². The number of rotatable bonds is 5. The second-order valence-electron chi connectivity index (χ2n) is 3.47. The van der Waals surface area contributed by atoms with Crippen LogP contribution in [-0.4, -0.2) is 22.1 Å². The number of hydrogen-bond acceptors (Lipinski definition) is 4. The van der Waals surface area contributed by atoms with Crippen molar-refractivity contribution in [3.05, 3.63) is 35.9 Å². The molecule has 0 radical (unpaired) electrons. The molecule has 86 valence electrons. The van der Waals surface area contributed by atoms with Gasteiger partial charge in [0.05, 0.1) is 6.42 Å². The molecule has 0 aromatic heterocycles. The molecule has 16 heavy (non-hydrogen) atoms. The Labute approximate surface area is 92.2 Å². The predicted molar refractivity (Wildman–Crippen MR) is 54.8 cm³/mol. The van der Waals surface area contributed by atoms with Crippen molar-refractivity contribution in [2.45, 2.75) is 18.9 Å². The maximum atomic E-state index is 11.2. The molecule has 0 fully saturated rings. The maximum Gasteiger partial charge on any atom is 0.344 e. The van der Waals surface area contributed by atoms with Gasteiger partial charge in [0.15, 0.2) is 0 Å². The van der Waals surface area contributed by atoms with Gasteiger partial charge in [0.2, 0.25) is 5.60 Å². The Morgan fingerprint density at radius 2 is 1.88 bits per heavy atom. The summed E-state index contributed by atoms with van der Waals surface area (Å²) in [5, 5.41) is 17.9. The van der Waals surface area contributed by atoms with E-state index < -0.39 is 18.0 Å². The number of Topliss-reactive ketones (excluding diaryl/α,β-unsaturated/α-hetero) is 1. The number of ketones is 1. The molecule has 1 atom stereocenters. The van der Waals surface area contributed by atoms with Gasteiger partial charge >= 0.3 is 5.97 Å². The minimum Gasteiger partial charge on any atom is -0.479 e. The van der Waals surface area contributed by atoms with Gasteiger partial charge in [0.1, 0.15) is 5.78 Å². The molecule has 0 aliphatic heterocycles. The first-order valence-corrected chi connectivity index (χ1v) is 4.64. The van der Waals surface area contributed by atoms with Gasteiger partial charge in [-0.3, -0.25) is 10.1 Å². The Kier molecular flexibility index (Phi) is 3.76. The molecule has 0 aliphatic carbocycles. The number of benzene rings is 1. The van der Waals surface area contributed by atoms with Crippen LogP contribution in [0.3, 0.4) is 0 Å². The monoisotopic (exact) mass is 224 g/mol. The van der Waals surface area contributed by atoms with Gasteiger partial charge in [-0.05, 0) is 12.5 Å². The van der Waals surface area contributed by atoms with Crippen molar-refractivity contribution >= 4 is 11.8 Å². The average molecular weight is 224 g/mol. The van der Waals surface area contributed by atoms with Crippen LogP contribution in [0, 0.1) is 0 Å². The van der Waals surface area contributed by atoms with Crippen molar-refractivity contribution in [1.82, 2.24) is 0 Å². The molecule has 0 spiro atoms. The summed E-state index contributed by atoms with van der Waals surface area (Å²) in [6.45, 7) is 1.24. The van der Waals surface area contributed by atoms with E-state index in [4.69, 9.17) is 10.4 Å². The number of carbonyl (C=O) groups excluding carboxylic acids is 1. The fraction of sp³-hybridized carbons (Fsp3) is 0.273. The first-order chi connectivity index (χ1) is 7.53. The largest absolute Gasteiger partial charge is 0.479 e. The maximum absolute atomic E-state index is 11.2. The topological polar surface area (TPSA) is 83.8 Å². The molecule has 2 N–H and O–H groups in total. The Morgan fingerprint density at radius 1 is 1.31 bits per heavy atom. The molecule has 0 bridgehead atoms. The molecule has 1 unspecified atom stereocenters. The second-order valence-corrected chi connectivity index (χ2v) is 3.47. The highest BCUT2D eigenvalue weighted by molar-refractivity contribution is 5.87. The zero-order valence-corrected chi connectivity index (χ0v) is 8.71. The highest BCUT2D eigenvalue weighted by Crippen LogP contribution is 2.29. The molecular formula is C11H12O5. The average Bonchev–Trinajstić information content (AvgIpc) is 2.26. The smallest absolute Gasteiger partial charge is 0.344 e. The molecule has 0 aliphatic rings. The summed E-state index contributed by atoms with van der Waals surface area (Å²) in [7, 11) is 0. The highest BCUT2D eigenvalue weighted by Gasteiger charge is 2.43. The Balaban J connectivity index is 3.23. The molecule has 5 heteroatoms. The highest BCUT2D eigenvalue weighted by atomic mass is 17.1. The van der Waals surface area contributed by atoms with E-state index in [1.807, 2.05) is 0 Å². The van der Waals surface area contributed by atoms with E-state index in [2.05, 4.69) is 4.89 Å². The summed E-state index contributed by atoms with van der Waals surface area (Å²) in [6.07, 6.45) is -0.428. The number of aliphatic carboxylic acids is 1. The van der Waals surface area contributed by atoms with E-state index in [1.54, 1.807) is 18.2 Å². The third-order valence-electron chi connectivity index (χ3n) is 2.24. The molecule has 5 nitrogen and oxygen atoms in total. The molecule has 1 rings (SSSR count). The lowest BCUT2D eigenvalue weighted by molar-refractivity contribution is -0.322. The van der Waals surface area contributed by atoms with Crippen molar-refractivity contribution in [1.29, 1.82) is 0 Å². The summed E-state index contributed by atoms with van der Waals surface area (Å²) in [5.41, 5.74) is -1.80. The zero-order valence-electron chi connectivity index (χ0n) is 8.71. The van der Waals surface area contributed by atoms with Crippen molar-refractivity contribution < 1.29 is 24.8 Å². The SMILES string of the molecule is CC(=O)CC(OO)(C(=O)O)c1ccccc1. The van der Waals surface area contributed by atoms with E-state index in [0.29, 0.717) is 0 Å². The van der Waals surface area contributed by atoms with Gasteiger partial charge in [0, 0.05) is 0 Å². The molecule has 1 aromatic carbocycles. The van der Waals surface area contributed by atoms with Gasteiger partial charge in [0.25, 0.3) is 0 Å². The van der Waals surface area contributed by atoms with E-state index in [0.717, 1.165) is 0 Å². The van der Waals surface area contributed by atoms with Crippen molar-refractivity contribution in [2.75, 3.05) is 0 Å². The zero-order chi connectivity index (χ0) is 12.2. The summed E-state index contributed by atoms with van der Waals surface area (Å²) in [6, 6.07) is 7.86. The van der Waals surface area contributed by atoms with Crippen LogP contribution in [0.2, 0.25) is 0 Å². The lowest BCUT2D eigenvalue weighted by Crippen LogP contribution is -2.39. The van der Waals surface area contributed by atoms with Crippen LogP contribution in [0.25, 0.3) is 0 Å². The normalized spacial score (nSPS) is 14.1. The van der Waals surface area contributed by atoms with Gasteiger partial charge in [-0.2, -0.15) is 0 Å². The number of hydrogen-bond donors (Lipinski definition) is 2. The fourth-order valence-corrected chi connectivity index (χ4v) is 1.48. The van der Waals surface area contributed by atoms with Crippen LogP contribution in [0.5, 0.6) is 0 Å². The number of carbonyl (C=O) groups is 2. The van der Waals surface area contributed by atoms with E-state index in [9.17, 15) is 9.59 Å². The molecule has 0 saturated heterocycles. The Hall–Kier alpha value is -1.72. The van der Waals surface area contributed by atoms with Crippen LogP contribution < -0.4 is 0 Å². The first kappa shape index (κ1) is 12.4. The molecule has 1 aromatic rings. The van der Waals surface area contributed by atoms with E-state index in [-0.39, 0.29) is 11.3 Å². The second kappa shape index (κ2) is 4.87. The Morgan fingerprint density at radius 3 is 2.25 bits per heavy atom.